The van der Waals surface area contributed by atoms with Gasteiger partial charge in [0, 0.05) is 12.5 Å². The van der Waals surface area contributed by atoms with E-state index < -0.39 is 40.8 Å². The molecule has 0 fully saturated rings. The van der Waals surface area contributed by atoms with Crippen LogP contribution in [0.3, 0.4) is 0 Å². The molecule has 4 rings (SSSR count). The summed E-state index contributed by atoms with van der Waals surface area (Å²) in [6.45, 7) is 0. The van der Waals surface area contributed by atoms with Gasteiger partial charge in [0.25, 0.3) is 0 Å². The van der Waals surface area contributed by atoms with E-state index >= 15 is 0 Å². The van der Waals surface area contributed by atoms with Crippen LogP contribution >= 0.6 is 0 Å². The van der Waals surface area contributed by atoms with Crippen LogP contribution in [0.1, 0.15) is 23.6 Å². The molecule has 1 atom stereocenters. The number of halogens is 5. The Morgan fingerprint density at radius 3 is 2.03 bits per heavy atom. The molecule has 3 aromatic carbocycles. The molecule has 3 aromatic rings. The van der Waals surface area contributed by atoms with E-state index in [1.165, 1.54) is 31.4 Å². The minimum atomic E-state index is -1.55. The largest absolute Gasteiger partial charge is 0.497 e. The van der Waals surface area contributed by atoms with E-state index in [4.69, 9.17) is 4.74 Å². The summed E-state index contributed by atoms with van der Waals surface area (Å²) in [6, 6.07) is 11.4. The van der Waals surface area contributed by atoms with Crippen molar-refractivity contribution in [3.8, 4) is 5.75 Å². The van der Waals surface area contributed by atoms with Crippen LogP contribution in [0.2, 0.25) is 0 Å². The summed E-state index contributed by atoms with van der Waals surface area (Å²) in [6.07, 6.45) is 0.176. The molecule has 1 heterocycles. The maximum Gasteiger partial charge on any atom is 0.187 e. The average molecular weight is 418 g/mol. The van der Waals surface area contributed by atoms with Crippen LogP contribution in [0, 0.1) is 29.1 Å². The summed E-state index contributed by atoms with van der Waals surface area (Å²) in [5.41, 5.74) is 0.621. The van der Waals surface area contributed by atoms with Crippen molar-refractivity contribution in [3.05, 3.63) is 94.8 Å². The summed E-state index contributed by atoms with van der Waals surface area (Å²) in [7, 11) is 1.51. The predicted octanol–water partition coefficient (Wildman–Crippen LogP) is 5.75. The fourth-order valence-electron chi connectivity index (χ4n) is 3.38. The Balaban J connectivity index is 1.84. The minimum Gasteiger partial charge on any atom is -0.497 e. The molecule has 0 saturated heterocycles. The topological polar surface area (TPSA) is 24.8 Å². The van der Waals surface area contributed by atoms with Gasteiger partial charge in [-0.05, 0) is 47.5 Å². The smallest absolute Gasteiger partial charge is 0.187 e. The van der Waals surface area contributed by atoms with Crippen LogP contribution < -0.4 is 9.75 Å². The van der Waals surface area contributed by atoms with E-state index in [1.54, 1.807) is 24.3 Å². The van der Waals surface area contributed by atoms with Crippen molar-refractivity contribution in [2.24, 2.45) is 5.10 Å². The molecule has 1 aliphatic rings. The number of ether oxygens (including phenoxy) is 1. The number of hydrogen-bond donors (Lipinski definition) is 0. The third-order valence-electron chi connectivity index (χ3n) is 4.91. The Morgan fingerprint density at radius 1 is 0.867 bits per heavy atom. The molecule has 8 heteroatoms. The molecule has 0 amide bonds. The van der Waals surface area contributed by atoms with Gasteiger partial charge in [-0.3, -0.25) is 5.01 Å². The highest BCUT2D eigenvalue weighted by atomic mass is 19.2. The molecule has 0 aliphatic carbocycles. The van der Waals surface area contributed by atoms with Gasteiger partial charge in [0.15, 0.2) is 23.3 Å². The first-order valence-electron chi connectivity index (χ1n) is 8.98. The number of hydrogen-bond acceptors (Lipinski definition) is 3. The SMILES string of the molecule is COc1ccc(C2=NN(c3c(F)c(F)cc(F)c3F)C(c3ccc(F)cc3)C2)cc1. The van der Waals surface area contributed by atoms with Gasteiger partial charge in [0.05, 0.1) is 18.9 Å². The third-order valence-corrected chi connectivity index (χ3v) is 4.91. The Bertz CT molecular complexity index is 1090. The van der Waals surface area contributed by atoms with Crippen molar-refractivity contribution in [1.82, 2.24) is 0 Å². The molecule has 3 nitrogen and oxygen atoms in total. The van der Waals surface area contributed by atoms with E-state index in [0.717, 1.165) is 5.01 Å². The van der Waals surface area contributed by atoms with E-state index in [9.17, 15) is 22.0 Å². The van der Waals surface area contributed by atoms with Crippen molar-refractivity contribution >= 4 is 11.4 Å². The lowest BCUT2D eigenvalue weighted by Gasteiger charge is -2.25. The molecular formula is C22H15F5N2O. The molecule has 0 aromatic heterocycles. The molecular weight excluding hydrogens is 403 g/mol. The zero-order valence-electron chi connectivity index (χ0n) is 15.7. The maximum absolute atomic E-state index is 14.5. The number of nitrogens with zero attached hydrogens (tertiary/aromatic N) is 2. The number of hydrazone groups is 1. The minimum absolute atomic E-state index is 0.144. The van der Waals surface area contributed by atoms with Gasteiger partial charge < -0.3 is 4.74 Å². The van der Waals surface area contributed by atoms with Crippen molar-refractivity contribution in [2.75, 3.05) is 12.1 Å². The van der Waals surface area contributed by atoms with E-state index in [-0.39, 0.29) is 12.5 Å². The summed E-state index contributed by atoms with van der Waals surface area (Å²) >= 11 is 0. The monoisotopic (exact) mass is 418 g/mol. The lowest BCUT2D eigenvalue weighted by atomic mass is 9.98. The molecule has 30 heavy (non-hydrogen) atoms. The summed E-state index contributed by atoms with van der Waals surface area (Å²) in [5.74, 6) is -6.06. The normalized spacial score (nSPS) is 16.0. The number of anilines is 1. The van der Waals surface area contributed by atoms with Gasteiger partial charge in [0.1, 0.15) is 17.3 Å². The molecule has 0 N–H and O–H groups in total. The van der Waals surface area contributed by atoms with Gasteiger partial charge in [-0.25, -0.2) is 22.0 Å². The van der Waals surface area contributed by atoms with Crippen molar-refractivity contribution in [2.45, 2.75) is 12.5 Å². The summed E-state index contributed by atoms with van der Waals surface area (Å²) < 4.78 is 75.2. The first kappa shape index (κ1) is 19.9. The maximum atomic E-state index is 14.5. The molecule has 0 bridgehead atoms. The Hall–Kier alpha value is -3.42. The van der Waals surface area contributed by atoms with Crippen LogP contribution in [0.25, 0.3) is 0 Å². The van der Waals surface area contributed by atoms with Crippen LogP contribution in [0.4, 0.5) is 27.6 Å². The van der Waals surface area contributed by atoms with E-state index in [2.05, 4.69) is 5.10 Å². The number of methoxy groups -OCH3 is 1. The average Bonchev–Trinajstić information content (AvgIpc) is 3.18. The molecule has 1 unspecified atom stereocenters. The van der Waals surface area contributed by atoms with Crippen LogP contribution in [0.15, 0.2) is 59.7 Å². The lowest BCUT2D eigenvalue weighted by Crippen LogP contribution is -2.22. The first-order chi connectivity index (χ1) is 14.4. The first-order valence-corrected chi connectivity index (χ1v) is 8.98. The molecule has 1 aliphatic heterocycles. The predicted molar refractivity (Wildman–Crippen MR) is 102 cm³/mol. The molecule has 0 saturated carbocycles. The third kappa shape index (κ3) is 3.49. The second-order valence-corrected chi connectivity index (χ2v) is 6.71. The van der Waals surface area contributed by atoms with Crippen molar-refractivity contribution in [1.29, 1.82) is 0 Å². The highest BCUT2D eigenvalue weighted by Gasteiger charge is 2.35. The van der Waals surface area contributed by atoms with Gasteiger partial charge in [-0.1, -0.05) is 12.1 Å². The van der Waals surface area contributed by atoms with Crippen LogP contribution in [-0.2, 0) is 0 Å². The van der Waals surface area contributed by atoms with Gasteiger partial charge in [-0.15, -0.1) is 0 Å². The lowest BCUT2D eigenvalue weighted by molar-refractivity contribution is 0.415. The van der Waals surface area contributed by atoms with Crippen molar-refractivity contribution < 1.29 is 26.7 Å². The van der Waals surface area contributed by atoms with Gasteiger partial charge >= 0.3 is 0 Å². The Morgan fingerprint density at radius 2 is 1.47 bits per heavy atom. The van der Waals surface area contributed by atoms with Gasteiger partial charge in [0.2, 0.25) is 0 Å². The van der Waals surface area contributed by atoms with E-state index in [0.29, 0.717) is 22.6 Å². The van der Waals surface area contributed by atoms with E-state index in [1.807, 2.05) is 0 Å². The Labute approximate surface area is 169 Å². The molecule has 0 spiro atoms. The Kier molecular flexibility index (Phi) is 5.15. The second-order valence-electron chi connectivity index (χ2n) is 6.71. The fraction of sp³-hybridized carbons (Fsp3) is 0.136. The number of benzene rings is 3. The fourth-order valence-corrected chi connectivity index (χ4v) is 3.38. The zero-order chi connectivity index (χ0) is 21.4. The van der Waals surface area contributed by atoms with Crippen LogP contribution in [0.5, 0.6) is 5.75 Å². The standard InChI is InChI=1S/C22H15F5N2O/c1-30-15-8-4-12(5-9-15)18-11-19(13-2-6-14(23)7-3-13)29(28-18)22-20(26)16(24)10-17(25)21(22)27/h2-10,19H,11H2,1H3. The molecule has 154 valence electrons. The molecule has 0 radical (unpaired) electrons. The number of rotatable bonds is 4. The highest BCUT2D eigenvalue weighted by Crippen LogP contribution is 2.40. The highest BCUT2D eigenvalue weighted by molar-refractivity contribution is 6.03. The summed E-state index contributed by atoms with van der Waals surface area (Å²) in [5, 5.41) is 5.18. The second kappa shape index (κ2) is 7.78. The quantitative estimate of drug-likeness (QED) is 0.398. The zero-order valence-corrected chi connectivity index (χ0v) is 15.7. The van der Waals surface area contributed by atoms with Crippen LogP contribution in [-0.4, -0.2) is 12.8 Å². The summed E-state index contributed by atoms with van der Waals surface area (Å²) in [4.78, 5) is 0. The van der Waals surface area contributed by atoms with Gasteiger partial charge in [-0.2, -0.15) is 5.10 Å². The van der Waals surface area contributed by atoms with Crippen molar-refractivity contribution in [3.63, 3.8) is 0 Å².